The van der Waals surface area contributed by atoms with Gasteiger partial charge in [0.15, 0.2) is 5.78 Å². The summed E-state index contributed by atoms with van der Waals surface area (Å²) in [6.07, 6.45) is 1.95. The molecule has 1 aliphatic carbocycles. The van der Waals surface area contributed by atoms with E-state index in [1.807, 2.05) is 0 Å². The maximum absolute atomic E-state index is 12.1. The number of hydrogen-bond donors (Lipinski definition) is 0. The van der Waals surface area contributed by atoms with E-state index in [-0.39, 0.29) is 23.9 Å². The largest absolute Gasteiger partial charge is 0.469 e. The number of methoxy groups -OCH3 is 1. The van der Waals surface area contributed by atoms with Crippen molar-refractivity contribution in [3.05, 3.63) is 33.7 Å². The van der Waals surface area contributed by atoms with Crippen molar-refractivity contribution in [1.29, 1.82) is 0 Å². The van der Waals surface area contributed by atoms with E-state index in [4.69, 9.17) is 4.74 Å². The molecule has 0 unspecified atom stereocenters. The van der Waals surface area contributed by atoms with Crippen LogP contribution in [0.2, 0.25) is 0 Å². The number of ketones is 1. The summed E-state index contributed by atoms with van der Waals surface area (Å²) >= 11 is 0. The summed E-state index contributed by atoms with van der Waals surface area (Å²) in [6.45, 7) is 3.68. The molecule has 0 aliphatic heterocycles. The Hall–Kier alpha value is -1.91. The average Bonchev–Trinajstić information content (AvgIpc) is 2.41. The van der Waals surface area contributed by atoms with Crippen LogP contribution in [0.4, 0.5) is 0 Å². The van der Waals surface area contributed by atoms with Crippen molar-refractivity contribution in [2.45, 2.75) is 39.7 Å². The molecule has 108 valence electrons. The topological polar surface area (TPSA) is 65.4 Å². The molecule has 0 radical (unpaired) electrons. The zero-order chi connectivity index (χ0) is 14.9. The Morgan fingerprint density at radius 3 is 2.65 bits per heavy atom. The smallest absolute Gasteiger partial charge is 0.313 e. The number of Topliss-reactive ketones (excluding diaryl/α,β-unsaturated/α-hetero) is 1. The number of nitrogens with zero attached hydrogens (tertiary/aromatic N) is 1. The highest BCUT2D eigenvalue weighted by Gasteiger charge is 2.31. The van der Waals surface area contributed by atoms with E-state index in [1.54, 1.807) is 24.5 Å². The fourth-order valence-electron chi connectivity index (χ4n) is 2.60. The fraction of sp³-hybridized carbons (Fsp3) is 0.533. The molecular weight excluding hydrogens is 258 g/mol. The number of pyridine rings is 1. The van der Waals surface area contributed by atoms with Crippen LogP contribution in [-0.2, 0) is 22.5 Å². The number of aromatic nitrogens is 1. The lowest BCUT2D eigenvalue weighted by Crippen LogP contribution is -2.37. The Labute approximate surface area is 117 Å². The highest BCUT2D eigenvalue weighted by Crippen LogP contribution is 2.24. The summed E-state index contributed by atoms with van der Waals surface area (Å²) in [5, 5.41) is 0. The highest BCUT2D eigenvalue weighted by molar-refractivity contribution is 5.98. The molecule has 1 aliphatic rings. The standard InChI is InChI=1S/C15H19NO4/c1-15(2,14(19)20-3)9-16-11-5-4-6-12(17)10(11)7-8-13(16)18/h7-8H,4-6,9H2,1-3H3. The Morgan fingerprint density at radius 1 is 1.30 bits per heavy atom. The van der Waals surface area contributed by atoms with Crippen molar-refractivity contribution in [2.75, 3.05) is 7.11 Å². The lowest BCUT2D eigenvalue weighted by Gasteiger charge is -2.26. The third-order valence-corrected chi connectivity index (χ3v) is 3.70. The molecule has 0 bridgehead atoms. The van der Waals surface area contributed by atoms with Crippen LogP contribution in [0.25, 0.3) is 0 Å². The first-order valence-corrected chi connectivity index (χ1v) is 6.71. The molecule has 0 amide bonds. The Morgan fingerprint density at radius 2 is 2.00 bits per heavy atom. The highest BCUT2D eigenvalue weighted by atomic mass is 16.5. The first-order valence-electron chi connectivity index (χ1n) is 6.71. The van der Waals surface area contributed by atoms with E-state index in [0.717, 1.165) is 12.1 Å². The average molecular weight is 277 g/mol. The number of hydrogen-bond acceptors (Lipinski definition) is 4. The van der Waals surface area contributed by atoms with Gasteiger partial charge < -0.3 is 9.30 Å². The fourth-order valence-corrected chi connectivity index (χ4v) is 2.60. The molecule has 0 saturated heterocycles. The van der Waals surface area contributed by atoms with Crippen molar-refractivity contribution in [3.63, 3.8) is 0 Å². The molecule has 0 aromatic carbocycles. The number of esters is 1. The quantitative estimate of drug-likeness (QED) is 0.787. The van der Waals surface area contributed by atoms with Gasteiger partial charge in [-0.2, -0.15) is 0 Å². The number of ether oxygens (including phenoxy) is 1. The minimum atomic E-state index is -0.811. The van der Waals surface area contributed by atoms with Gasteiger partial charge in [-0.25, -0.2) is 0 Å². The molecule has 0 fully saturated rings. The summed E-state index contributed by atoms with van der Waals surface area (Å²) in [7, 11) is 1.33. The van der Waals surface area contributed by atoms with Crippen LogP contribution in [0, 0.1) is 5.41 Å². The summed E-state index contributed by atoms with van der Waals surface area (Å²) < 4.78 is 6.32. The van der Waals surface area contributed by atoms with Crippen molar-refractivity contribution in [2.24, 2.45) is 5.41 Å². The Kier molecular flexibility index (Phi) is 3.79. The minimum absolute atomic E-state index is 0.0656. The van der Waals surface area contributed by atoms with Crippen LogP contribution in [0.5, 0.6) is 0 Å². The van der Waals surface area contributed by atoms with E-state index in [2.05, 4.69) is 0 Å². The number of carbonyl (C=O) groups excluding carboxylic acids is 2. The molecule has 2 rings (SSSR count). The van der Waals surface area contributed by atoms with Gasteiger partial charge in [0.1, 0.15) is 0 Å². The lowest BCUT2D eigenvalue weighted by atomic mass is 9.90. The maximum atomic E-state index is 12.1. The van der Waals surface area contributed by atoms with Crippen LogP contribution in [0.3, 0.4) is 0 Å². The van der Waals surface area contributed by atoms with Crippen LogP contribution < -0.4 is 5.56 Å². The van der Waals surface area contributed by atoms with Crippen molar-refractivity contribution >= 4 is 11.8 Å². The molecule has 1 aromatic rings. The van der Waals surface area contributed by atoms with Gasteiger partial charge in [0, 0.05) is 30.3 Å². The maximum Gasteiger partial charge on any atom is 0.313 e. The molecule has 0 spiro atoms. The molecule has 20 heavy (non-hydrogen) atoms. The van der Waals surface area contributed by atoms with E-state index >= 15 is 0 Å². The zero-order valence-electron chi connectivity index (χ0n) is 12.1. The van der Waals surface area contributed by atoms with Crippen molar-refractivity contribution < 1.29 is 14.3 Å². The lowest BCUT2D eigenvalue weighted by molar-refractivity contribution is -0.151. The first-order chi connectivity index (χ1) is 9.36. The van der Waals surface area contributed by atoms with Crippen molar-refractivity contribution in [1.82, 2.24) is 4.57 Å². The van der Waals surface area contributed by atoms with Crippen LogP contribution in [-0.4, -0.2) is 23.4 Å². The summed E-state index contributed by atoms with van der Waals surface area (Å²) in [6, 6.07) is 3.00. The second kappa shape index (κ2) is 5.23. The molecule has 0 saturated carbocycles. The van der Waals surface area contributed by atoms with Gasteiger partial charge in [0.2, 0.25) is 0 Å². The second-order valence-corrected chi connectivity index (χ2v) is 5.77. The van der Waals surface area contributed by atoms with Gasteiger partial charge in [0.05, 0.1) is 12.5 Å². The normalized spacial score (nSPS) is 14.8. The summed E-state index contributed by atoms with van der Waals surface area (Å²) in [5.41, 5.74) is 0.353. The third-order valence-electron chi connectivity index (χ3n) is 3.70. The number of carbonyl (C=O) groups is 2. The predicted octanol–water partition coefficient (Wildman–Crippen LogP) is 1.57. The van der Waals surface area contributed by atoms with Gasteiger partial charge >= 0.3 is 5.97 Å². The number of rotatable bonds is 3. The molecule has 1 heterocycles. The first kappa shape index (κ1) is 14.5. The van der Waals surface area contributed by atoms with Gasteiger partial charge in [-0.3, -0.25) is 14.4 Å². The zero-order valence-corrected chi connectivity index (χ0v) is 12.1. The van der Waals surface area contributed by atoms with Crippen molar-refractivity contribution in [3.8, 4) is 0 Å². The van der Waals surface area contributed by atoms with Gasteiger partial charge in [-0.15, -0.1) is 0 Å². The molecule has 5 nitrogen and oxygen atoms in total. The molecule has 0 N–H and O–H groups in total. The molecule has 0 atom stereocenters. The minimum Gasteiger partial charge on any atom is -0.469 e. The Bertz CT molecular complexity index is 613. The van der Waals surface area contributed by atoms with Crippen LogP contribution in [0.1, 0.15) is 42.7 Å². The second-order valence-electron chi connectivity index (χ2n) is 5.77. The molecule has 5 heteroatoms. The summed E-state index contributed by atoms with van der Waals surface area (Å²) in [4.78, 5) is 35.8. The van der Waals surface area contributed by atoms with E-state index < -0.39 is 5.41 Å². The molecule has 1 aromatic heterocycles. The Balaban J connectivity index is 2.47. The third kappa shape index (κ3) is 2.53. The predicted molar refractivity (Wildman–Crippen MR) is 73.8 cm³/mol. The van der Waals surface area contributed by atoms with Crippen LogP contribution >= 0.6 is 0 Å². The summed E-state index contributed by atoms with van der Waals surface area (Å²) in [5.74, 6) is -0.306. The SMILES string of the molecule is COC(=O)C(C)(C)Cn1c2c(ccc1=O)C(=O)CCC2. The van der Waals surface area contributed by atoms with Crippen LogP contribution in [0.15, 0.2) is 16.9 Å². The monoisotopic (exact) mass is 277 g/mol. The molecular formula is C15H19NO4. The number of fused-ring (bicyclic) bond motifs is 1. The van der Waals surface area contributed by atoms with Gasteiger partial charge in [0.25, 0.3) is 5.56 Å². The van der Waals surface area contributed by atoms with E-state index in [1.165, 1.54) is 13.2 Å². The van der Waals surface area contributed by atoms with E-state index in [9.17, 15) is 14.4 Å². The van der Waals surface area contributed by atoms with Gasteiger partial charge in [-0.1, -0.05) is 0 Å². The van der Waals surface area contributed by atoms with E-state index in [0.29, 0.717) is 18.4 Å². The van der Waals surface area contributed by atoms with Gasteiger partial charge in [-0.05, 0) is 32.8 Å².